The Balaban J connectivity index is 3.22. The smallest absolute Gasteiger partial charge is 0.249 e. The van der Waals surface area contributed by atoms with Crippen LogP contribution in [0, 0.1) is 0 Å². The Morgan fingerprint density at radius 2 is 1.92 bits per heavy atom. The topological polar surface area (TPSA) is 12.9 Å². The molecule has 0 aliphatic carbocycles. The summed E-state index contributed by atoms with van der Waals surface area (Å²) in [4.78, 5) is 3.80. The van der Waals surface area contributed by atoms with Crippen LogP contribution in [0.3, 0.4) is 0 Å². The van der Waals surface area contributed by atoms with E-state index in [0.29, 0.717) is 20.0 Å². The number of halogens is 5. The molecule has 1 aromatic rings. The zero-order valence-electron chi connectivity index (χ0n) is 6.20. The monoisotopic (exact) mass is 377 g/mol. The molecule has 1 aromatic heterocycles. The summed E-state index contributed by atoms with van der Waals surface area (Å²) in [6.07, 6.45) is -2.56. The Labute approximate surface area is 99.3 Å². The predicted octanol–water partition coefficient (Wildman–Crippen LogP) is 4.44. The zero-order valence-corrected chi connectivity index (χ0v) is 11.0. The maximum absolute atomic E-state index is 12.4. The molecule has 72 valence electrons. The molecule has 0 saturated heterocycles. The van der Waals surface area contributed by atoms with Crippen LogP contribution in [-0.2, 0) is 5.33 Å². The first-order valence-electron chi connectivity index (χ1n) is 3.25. The van der Waals surface area contributed by atoms with Gasteiger partial charge in [-0.2, -0.15) is 0 Å². The number of rotatable bonds is 2. The van der Waals surface area contributed by atoms with Crippen molar-refractivity contribution in [3.8, 4) is 0 Å². The number of aromatic nitrogens is 1. The lowest BCUT2D eigenvalue weighted by molar-refractivity contribution is 0.145. The lowest BCUT2D eigenvalue weighted by atomic mass is 10.3. The minimum Gasteiger partial charge on any atom is -0.249 e. The van der Waals surface area contributed by atoms with Gasteiger partial charge in [-0.3, -0.25) is 0 Å². The Bertz CT molecular complexity index is 317. The number of pyridine rings is 1. The molecule has 0 bridgehead atoms. The normalized spacial score (nSPS) is 10.9. The Kier molecular flexibility index (Phi) is 4.25. The molecule has 1 rings (SSSR count). The predicted molar refractivity (Wildman–Crippen MR) is 57.2 cm³/mol. The maximum atomic E-state index is 12.4. The van der Waals surface area contributed by atoms with Crippen LogP contribution < -0.4 is 0 Å². The van der Waals surface area contributed by atoms with Crippen molar-refractivity contribution in [1.29, 1.82) is 0 Å². The zero-order chi connectivity index (χ0) is 10.0. The Morgan fingerprint density at radius 1 is 1.31 bits per heavy atom. The van der Waals surface area contributed by atoms with Crippen LogP contribution in [0.4, 0.5) is 8.78 Å². The molecule has 0 N–H and O–H groups in total. The van der Waals surface area contributed by atoms with E-state index in [1.54, 1.807) is 6.07 Å². The van der Waals surface area contributed by atoms with Gasteiger partial charge in [0.15, 0.2) is 0 Å². The molecule has 1 heterocycles. The molecule has 0 aromatic carbocycles. The summed E-state index contributed by atoms with van der Waals surface area (Å²) in [6.45, 7) is 0. The molecule has 0 aliphatic rings. The quantitative estimate of drug-likeness (QED) is 0.692. The first kappa shape index (κ1) is 11.5. The average Bonchev–Trinajstić information content (AvgIpc) is 2.03. The highest BCUT2D eigenvalue weighted by Gasteiger charge is 2.15. The molecule has 0 amide bonds. The van der Waals surface area contributed by atoms with Gasteiger partial charge in [0.2, 0.25) is 0 Å². The van der Waals surface area contributed by atoms with E-state index >= 15 is 0 Å². The first-order chi connectivity index (χ1) is 6.06. The van der Waals surface area contributed by atoms with Crippen molar-refractivity contribution < 1.29 is 8.78 Å². The van der Waals surface area contributed by atoms with E-state index in [4.69, 9.17) is 0 Å². The third-order valence-electron chi connectivity index (χ3n) is 1.36. The molecule has 13 heavy (non-hydrogen) atoms. The molecule has 0 unspecified atom stereocenters. The van der Waals surface area contributed by atoms with Gasteiger partial charge in [-0.25, -0.2) is 13.8 Å². The largest absolute Gasteiger partial charge is 0.281 e. The van der Waals surface area contributed by atoms with Gasteiger partial charge in [-0.1, -0.05) is 15.9 Å². The lowest BCUT2D eigenvalue weighted by Gasteiger charge is -2.06. The second-order valence-electron chi connectivity index (χ2n) is 2.22. The van der Waals surface area contributed by atoms with Crippen molar-refractivity contribution in [2.24, 2.45) is 0 Å². The van der Waals surface area contributed by atoms with Gasteiger partial charge in [-0.15, -0.1) is 0 Å². The summed E-state index contributed by atoms with van der Waals surface area (Å²) in [5.41, 5.74) is 0.344. The van der Waals surface area contributed by atoms with E-state index < -0.39 is 6.43 Å². The molecule has 0 aliphatic heterocycles. The third kappa shape index (κ3) is 2.70. The summed E-state index contributed by atoms with van der Waals surface area (Å²) >= 11 is 9.41. The molecule has 6 heteroatoms. The van der Waals surface area contributed by atoms with Crippen molar-refractivity contribution >= 4 is 47.8 Å². The van der Waals surface area contributed by atoms with Crippen molar-refractivity contribution in [2.75, 3.05) is 0 Å². The number of hydrogen-bond donors (Lipinski definition) is 0. The first-order valence-corrected chi connectivity index (χ1v) is 5.96. The maximum Gasteiger partial charge on any atom is 0.281 e. The van der Waals surface area contributed by atoms with Crippen LogP contribution >= 0.6 is 47.8 Å². The number of hydrogen-bond acceptors (Lipinski definition) is 1. The van der Waals surface area contributed by atoms with Gasteiger partial charge in [0.25, 0.3) is 6.43 Å². The minimum absolute atomic E-state index is 0.224. The molecule has 0 spiro atoms. The summed E-state index contributed by atoms with van der Waals surface area (Å²) in [7, 11) is 0. The van der Waals surface area contributed by atoms with Crippen LogP contribution in [0.15, 0.2) is 15.0 Å². The second-order valence-corrected chi connectivity index (χ2v) is 4.49. The summed E-state index contributed by atoms with van der Waals surface area (Å²) in [5.74, 6) is 0. The average molecular weight is 380 g/mol. The second kappa shape index (κ2) is 4.79. The molecule has 0 saturated carbocycles. The highest BCUT2D eigenvalue weighted by Crippen LogP contribution is 2.30. The van der Waals surface area contributed by atoms with E-state index in [1.165, 1.54) is 0 Å². The third-order valence-corrected chi connectivity index (χ3v) is 3.22. The number of alkyl halides is 3. The van der Waals surface area contributed by atoms with Crippen molar-refractivity contribution in [3.63, 3.8) is 0 Å². The molecule has 0 fully saturated rings. The van der Waals surface area contributed by atoms with Gasteiger partial charge in [0.05, 0.1) is 5.69 Å². The van der Waals surface area contributed by atoms with Gasteiger partial charge < -0.3 is 0 Å². The molecule has 1 nitrogen and oxygen atoms in total. The molecular weight excluding hydrogens is 376 g/mol. The van der Waals surface area contributed by atoms with Gasteiger partial charge in [0.1, 0.15) is 5.69 Å². The van der Waals surface area contributed by atoms with Crippen LogP contribution in [0.5, 0.6) is 0 Å². The molecule has 0 atom stereocenters. The fraction of sp³-hybridized carbons (Fsp3) is 0.286. The highest BCUT2D eigenvalue weighted by molar-refractivity contribution is 9.11. The van der Waals surface area contributed by atoms with Crippen molar-refractivity contribution in [1.82, 2.24) is 4.98 Å². The number of nitrogens with zero attached hydrogens (tertiary/aromatic N) is 1. The Hall–Kier alpha value is 0.450. The Morgan fingerprint density at radius 3 is 2.38 bits per heavy atom. The lowest BCUT2D eigenvalue weighted by Crippen LogP contribution is -1.97. The molecule has 0 radical (unpaired) electrons. The van der Waals surface area contributed by atoms with Crippen LogP contribution in [0.1, 0.15) is 17.8 Å². The van der Waals surface area contributed by atoms with Crippen LogP contribution in [0.25, 0.3) is 0 Å². The van der Waals surface area contributed by atoms with Crippen molar-refractivity contribution in [2.45, 2.75) is 11.8 Å². The van der Waals surface area contributed by atoms with E-state index in [0.717, 1.165) is 0 Å². The van der Waals surface area contributed by atoms with E-state index in [2.05, 4.69) is 52.8 Å². The minimum atomic E-state index is -2.56. The fourth-order valence-electron chi connectivity index (χ4n) is 0.767. The highest BCUT2D eigenvalue weighted by atomic mass is 79.9. The van der Waals surface area contributed by atoms with Gasteiger partial charge in [-0.05, 0) is 37.9 Å². The van der Waals surface area contributed by atoms with Crippen molar-refractivity contribution in [3.05, 3.63) is 26.4 Å². The summed E-state index contributed by atoms with van der Waals surface area (Å²) in [6, 6.07) is 1.57. The van der Waals surface area contributed by atoms with Crippen LogP contribution in [-0.4, -0.2) is 4.98 Å². The fourth-order valence-corrected chi connectivity index (χ4v) is 2.83. The van der Waals surface area contributed by atoms with Crippen LogP contribution in [0.2, 0.25) is 0 Å². The molecular formula is C7H4Br3F2N. The van der Waals surface area contributed by atoms with E-state index in [1.807, 2.05) is 0 Å². The van der Waals surface area contributed by atoms with E-state index in [-0.39, 0.29) is 5.69 Å². The summed E-state index contributed by atoms with van der Waals surface area (Å²) < 4.78 is 25.7. The van der Waals surface area contributed by atoms with E-state index in [9.17, 15) is 8.78 Å². The van der Waals surface area contributed by atoms with Gasteiger partial charge >= 0.3 is 0 Å². The summed E-state index contributed by atoms with van der Waals surface area (Å²) in [5, 5.41) is 0.445. The standard InChI is InChI=1S/C7H4Br3F2N/c8-2-5-3(9)1-4(10)6(13-5)7(11)12/h1,7H,2H2. The van der Waals surface area contributed by atoms with Gasteiger partial charge in [0, 0.05) is 14.3 Å². The SMILES string of the molecule is FC(F)c1nc(CBr)c(Br)cc1Br.